The van der Waals surface area contributed by atoms with Gasteiger partial charge < -0.3 is 20.6 Å². The molecule has 162 valence electrons. The third-order valence-electron chi connectivity index (χ3n) is 9.78. The van der Waals surface area contributed by atoms with Crippen LogP contribution in [0.3, 0.4) is 0 Å². The molecule has 1 heterocycles. The summed E-state index contributed by atoms with van der Waals surface area (Å²) >= 11 is 0. The molecule has 0 spiro atoms. The summed E-state index contributed by atoms with van der Waals surface area (Å²) in [5.41, 5.74) is 3.27. The molecule has 29 heavy (non-hydrogen) atoms. The van der Waals surface area contributed by atoms with Gasteiger partial charge in [0, 0.05) is 5.92 Å². The molecule has 1 saturated heterocycles. The van der Waals surface area contributed by atoms with Crippen LogP contribution in [0.5, 0.6) is 0 Å². The zero-order valence-electron chi connectivity index (χ0n) is 17.8. The van der Waals surface area contributed by atoms with Crippen LogP contribution < -0.4 is 11.6 Å². The van der Waals surface area contributed by atoms with Crippen molar-refractivity contribution in [2.75, 3.05) is 13.2 Å². The minimum Gasteiger partial charge on any atom is -0.385 e. The number of carbonyl (C=O) groups is 1. The minimum absolute atomic E-state index is 0.0744. The number of quaternary nitrogens is 1. The molecule has 0 aromatic rings. The number of carbonyl (C=O) groups excluding carboxylic acids is 1. The molecule has 9 unspecified atom stereocenters. The average Bonchev–Trinajstić information content (AvgIpc) is 3.02. The predicted molar refractivity (Wildman–Crippen MR) is 109 cm³/mol. The maximum atomic E-state index is 13.1. The van der Waals surface area contributed by atoms with Gasteiger partial charge in [0.2, 0.25) is 0 Å². The monoisotopic (exact) mass is 404 g/mol. The highest BCUT2D eigenvalue weighted by Crippen LogP contribution is 2.65. The van der Waals surface area contributed by atoms with Crippen LogP contribution in [0.1, 0.15) is 58.3 Å². The number of nitrogens with zero attached hydrogens (tertiary/aromatic N) is 1. The van der Waals surface area contributed by atoms with Gasteiger partial charge in [0.25, 0.3) is 0 Å². The fourth-order valence-corrected chi connectivity index (χ4v) is 8.43. The highest BCUT2D eigenvalue weighted by molar-refractivity contribution is 5.84. The number of rotatable bonds is 4. The smallest absolute Gasteiger partial charge is 0.157 e. The lowest BCUT2D eigenvalue weighted by molar-refractivity contribution is -0.279. The van der Waals surface area contributed by atoms with E-state index < -0.39 is 5.60 Å². The van der Waals surface area contributed by atoms with Crippen molar-refractivity contribution in [1.82, 2.24) is 5.01 Å². The Hall–Kier alpha value is -0.950. The standard InChI is InChI=1S/C23H37N3O3/c1-22-7-6-15-16(3-2-14-11-23(28)13-29-21(23)10-17(14)15)18(22)4-5-19(22)20(27)12-26(25)9-8-24/h8-9,14-19,21,28H,2-7,10-13,24-25H2,1H3/p+1. The second kappa shape index (κ2) is 7.04. The predicted octanol–water partition coefficient (Wildman–Crippen LogP) is 1.45. The number of nitrogens with two attached hydrogens (primary N) is 1. The van der Waals surface area contributed by atoms with Crippen molar-refractivity contribution in [3.63, 3.8) is 0 Å². The van der Waals surface area contributed by atoms with Crippen LogP contribution in [0.4, 0.5) is 0 Å². The second-order valence-corrected chi connectivity index (χ2v) is 11.0. The van der Waals surface area contributed by atoms with E-state index in [1.165, 1.54) is 30.7 Å². The number of Topliss-reactive ketones (excluding diaryl/α,β-unsaturated/α-hetero) is 1. The van der Waals surface area contributed by atoms with Gasteiger partial charge in [0.15, 0.2) is 5.78 Å². The first kappa shape index (κ1) is 20.0. The lowest BCUT2D eigenvalue weighted by atomic mass is 9.48. The van der Waals surface area contributed by atoms with Gasteiger partial charge in [-0.1, -0.05) is 6.92 Å². The molecule has 9 atom stereocenters. The van der Waals surface area contributed by atoms with Crippen molar-refractivity contribution in [2.24, 2.45) is 46.8 Å². The van der Waals surface area contributed by atoms with Crippen LogP contribution in [0.15, 0.2) is 12.4 Å². The van der Waals surface area contributed by atoms with Crippen molar-refractivity contribution < 1.29 is 20.4 Å². The molecule has 4 aliphatic carbocycles. The van der Waals surface area contributed by atoms with Gasteiger partial charge in [0.05, 0.1) is 25.5 Å². The number of aliphatic hydroxyl groups is 1. The van der Waals surface area contributed by atoms with Crippen LogP contribution in [0.25, 0.3) is 0 Å². The summed E-state index contributed by atoms with van der Waals surface area (Å²) < 4.78 is 5.76. The van der Waals surface area contributed by atoms with E-state index in [9.17, 15) is 9.90 Å². The van der Waals surface area contributed by atoms with E-state index in [1.54, 1.807) is 12.4 Å². The molecule has 5 fully saturated rings. The molecular weight excluding hydrogens is 366 g/mol. The Morgan fingerprint density at radius 1 is 1.24 bits per heavy atom. The third kappa shape index (κ3) is 3.01. The van der Waals surface area contributed by atoms with E-state index in [1.807, 2.05) is 0 Å². The molecule has 0 bridgehead atoms. The summed E-state index contributed by atoms with van der Waals surface area (Å²) in [6, 6.07) is 0. The second-order valence-electron chi connectivity index (χ2n) is 11.0. The molecule has 5 aliphatic rings. The van der Waals surface area contributed by atoms with Crippen molar-refractivity contribution in [1.29, 1.82) is 0 Å². The average molecular weight is 405 g/mol. The van der Waals surface area contributed by atoms with Gasteiger partial charge in [-0.05, 0) is 86.4 Å². The largest absolute Gasteiger partial charge is 0.385 e. The van der Waals surface area contributed by atoms with Gasteiger partial charge in [-0.3, -0.25) is 4.79 Å². The van der Waals surface area contributed by atoms with Crippen LogP contribution in [-0.2, 0) is 9.53 Å². The fourth-order valence-electron chi connectivity index (χ4n) is 8.43. The topological polar surface area (TPSA) is 103 Å². The Morgan fingerprint density at radius 2 is 2.07 bits per heavy atom. The van der Waals surface area contributed by atoms with Crippen LogP contribution in [0.2, 0.25) is 0 Å². The van der Waals surface area contributed by atoms with E-state index in [0.717, 1.165) is 37.5 Å². The summed E-state index contributed by atoms with van der Waals surface area (Å²) in [5, 5.41) is 12.3. The maximum Gasteiger partial charge on any atom is 0.157 e. The SMILES string of the molecule is CC12CCC3C4CC5OCC5(O)CC4CCC3C1CCC2C(=O)CN(N)C=C[NH3+]. The zero-order valence-corrected chi connectivity index (χ0v) is 17.8. The highest BCUT2D eigenvalue weighted by atomic mass is 16.6. The quantitative estimate of drug-likeness (QED) is 0.486. The van der Waals surface area contributed by atoms with Crippen molar-refractivity contribution in [3.05, 3.63) is 12.4 Å². The van der Waals surface area contributed by atoms with Crippen molar-refractivity contribution in [3.8, 4) is 0 Å². The van der Waals surface area contributed by atoms with Crippen LogP contribution >= 0.6 is 0 Å². The van der Waals surface area contributed by atoms with E-state index >= 15 is 0 Å². The van der Waals surface area contributed by atoms with Crippen molar-refractivity contribution in [2.45, 2.75) is 70.0 Å². The lowest BCUT2D eigenvalue weighted by Gasteiger charge is -2.60. The normalized spacial score (nSPS) is 50.8. The maximum absolute atomic E-state index is 13.1. The summed E-state index contributed by atoms with van der Waals surface area (Å²) in [6.07, 6.45) is 12.5. The molecule has 0 amide bonds. The highest BCUT2D eigenvalue weighted by Gasteiger charge is 2.61. The molecule has 0 radical (unpaired) electrons. The van der Waals surface area contributed by atoms with Crippen LogP contribution in [-0.4, -0.2) is 40.8 Å². The molecule has 1 aliphatic heterocycles. The van der Waals surface area contributed by atoms with Gasteiger partial charge in [-0.15, -0.1) is 0 Å². The Morgan fingerprint density at radius 3 is 2.79 bits per heavy atom. The summed E-state index contributed by atoms with van der Waals surface area (Å²) in [4.78, 5) is 13.1. The number of ether oxygens (including phenoxy) is 1. The van der Waals surface area contributed by atoms with Gasteiger partial charge in [-0.2, -0.15) is 0 Å². The summed E-state index contributed by atoms with van der Waals surface area (Å²) in [6.45, 7) is 3.22. The number of fused-ring (bicyclic) bond motifs is 6. The Bertz CT molecular complexity index is 699. The lowest BCUT2D eigenvalue weighted by Crippen LogP contribution is -2.65. The zero-order chi connectivity index (χ0) is 20.4. The first-order valence-electron chi connectivity index (χ1n) is 11.7. The van der Waals surface area contributed by atoms with Crippen molar-refractivity contribution >= 4 is 5.78 Å². The first-order valence-corrected chi connectivity index (χ1v) is 11.7. The summed E-state index contributed by atoms with van der Waals surface area (Å²) in [5.74, 6) is 9.92. The molecule has 0 aromatic heterocycles. The third-order valence-corrected chi connectivity index (χ3v) is 9.78. The Labute approximate surface area is 174 Å². The minimum atomic E-state index is -0.529. The van der Waals surface area contributed by atoms with Gasteiger partial charge in [-0.25, -0.2) is 5.84 Å². The number of hydrogen-bond donors (Lipinski definition) is 3. The molecule has 4 saturated carbocycles. The van der Waals surface area contributed by atoms with E-state index in [0.29, 0.717) is 30.1 Å². The van der Waals surface area contributed by atoms with E-state index in [4.69, 9.17) is 10.6 Å². The van der Waals surface area contributed by atoms with Gasteiger partial charge >= 0.3 is 0 Å². The number of ketones is 1. The van der Waals surface area contributed by atoms with E-state index in [2.05, 4.69) is 12.7 Å². The number of hydrazine groups is 1. The molecule has 6 heteroatoms. The fraction of sp³-hybridized carbons (Fsp3) is 0.870. The molecule has 6 nitrogen and oxygen atoms in total. The molecule has 5 rings (SSSR count). The Balaban J connectivity index is 1.31. The first-order chi connectivity index (χ1) is 13.9. The van der Waals surface area contributed by atoms with E-state index in [-0.39, 0.29) is 24.0 Å². The van der Waals surface area contributed by atoms with Gasteiger partial charge in [0.1, 0.15) is 11.8 Å². The molecule has 0 aromatic carbocycles. The molecule has 6 N–H and O–H groups in total. The molecular formula is C23H38N3O3+. The number of hydrogen-bond acceptors (Lipinski definition) is 5. The summed E-state index contributed by atoms with van der Waals surface area (Å²) in [7, 11) is 0. The van der Waals surface area contributed by atoms with Crippen LogP contribution in [0, 0.1) is 40.9 Å². The Kier molecular flexibility index (Phi) is 4.85.